The number of aliphatic hydroxyl groups is 1. The first-order valence-corrected chi connectivity index (χ1v) is 7.41. The lowest BCUT2D eigenvalue weighted by Gasteiger charge is -2.11. The lowest BCUT2D eigenvalue weighted by atomic mass is 10.0. The average Bonchev–Trinajstić information content (AvgIpc) is 2.46. The molecule has 0 radical (unpaired) electrons. The molecule has 0 spiro atoms. The maximum Gasteiger partial charge on any atom is 0.122 e. The molecule has 0 amide bonds. The molecule has 20 heavy (non-hydrogen) atoms. The Morgan fingerprint density at radius 1 is 1.10 bits per heavy atom. The van der Waals surface area contributed by atoms with Crippen molar-refractivity contribution in [1.82, 2.24) is 0 Å². The molecule has 2 rings (SSSR count). The molecule has 0 aliphatic rings. The largest absolute Gasteiger partial charge is 0.378 e. The third kappa shape index (κ3) is 3.96. The molecule has 102 valence electrons. The van der Waals surface area contributed by atoms with E-state index >= 15 is 0 Å². The predicted octanol–water partition coefficient (Wildman–Crippen LogP) is 4.63. The summed E-state index contributed by atoms with van der Waals surface area (Å²) in [6.07, 6.45) is 0.621. The van der Waals surface area contributed by atoms with Gasteiger partial charge >= 0.3 is 0 Å². The molecule has 1 N–H and O–H groups in total. The fraction of sp³-hybridized carbons (Fsp3) is 0.222. The third-order valence-electron chi connectivity index (χ3n) is 3.21. The Morgan fingerprint density at radius 3 is 2.40 bits per heavy atom. The van der Waals surface area contributed by atoms with Gasteiger partial charge in [-0.1, -0.05) is 59.0 Å². The molecule has 1 atom stereocenters. The highest BCUT2D eigenvalue weighted by molar-refractivity contribution is 9.10. The van der Waals surface area contributed by atoms with Crippen LogP contribution in [0.25, 0.3) is 11.1 Å². The van der Waals surface area contributed by atoms with E-state index in [4.69, 9.17) is 0 Å². The van der Waals surface area contributed by atoms with Gasteiger partial charge in [0.1, 0.15) is 5.60 Å². The third-order valence-corrected chi connectivity index (χ3v) is 3.70. The number of halogens is 1. The normalized spacial score (nSPS) is 13.2. The first-order valence-electron chi connectivity index (χ1n) is 6.62. The van der Waals surface area contributed by atoms with Gasteiger partial charge in [-0.3, -0.25) is 0 Å². The van der Waals surface area contributed by atoms with Crippen LogP contribution in [0.4, 0.5) is 0 Å². The van der Waals surface area contributed by atoms with Crippen molar-refractivity contribution >= 4 is 15.9 Å². The summed E-state index contributed by atoms with van der Waals surface area (Å²) in [7, 11) is 0. The fourth-order valence-corrected chi connectivity index (χ4v) is 2.11. The van der Waals surface area contributed by atoms with Crippen molar-refractivity contribution in [3.05, 3.63) is 58.6 Å². The second kappa shape index (κ2) is 6.26. The van der Waals surface area contributed by atoms with Gasteiger partial charge in [0.05, 0.1) is 0 Å². The summed E-state index contributed by atoms with van der Waals surface area (Å²) in [5, 5.41) is 9.87. The van der Waals surface area contributed by atoms with E-state index in [9.17, 15) is 5.11 Å². The van der Waals surface area contributed by atoms with Crippen LogP contribution >= 0.6 is 15.9 Å². The summed E-state index contributed by atoms with van der Waals surface area (Å²) >= 11 is 3.48. The Kier molecular flexibility index (Phi) is 4.65. The molecular weight excluding hydrogens is 312 g/mol. The minimum Gasteiger partial charge on any atom is -0.378 e. The van der Waals surface area contributed by atoms with E-state index in [1.54, 1.807) is 6.92 Å². The van der Waals surface area contributed by atoms with Gasteiger partial charge in [0.2, 0.25) is 0 Å². The zero-order valence-electron chi connectivity index (χ0n) is 11.7. The Hall–Kier alpha value is -1.56. The minimum atomic E-state index is -0.914. The topological polar surface area (TPSA) is 20.2 Å². The second-order valence-corrected chi connectivity index (χ2v) is 5.88. The highest BCUT2D eigenvalue weighted by Gasteiger charge is 2.12. The van der Waals surface area contributed by atoms with Gasteiger partial charge in [0, 0.05) is 10.0 Å². The molecule has 2 heteroatoms. The van der Waals surface area contributed by atoms with Crippen molar-refractivity contribution in [2.45, 2.75) is 25.9 Å². The predicted molar refractivity (Wildman–Crippen MR) is 87.4 cm³/mol. The zero-order valence-corrected chi connectivity index (χ0v) is 13.2. The van der Waals surface area contributed by atoms with Crippen LogP contribution in [0.2, 0.25) is 0 Å². The van der Waals surface area contributed by atoms with Crippen molar-refractivity contribution in [3.8, 4) is 23.0 Å². The maximum atomic E-state index is 9.87. The lowest BCUT2D eigenvalue weighted by molar-refractivity contribution is 0.118. The number of hydrogen-bond acceptors (Lipinski definition) is 1. The zero-order chi connectivity index (χ0) is 14.6. The van der Waals surface area contributed by atoms with Crippen LogP contribution in [0.3, 0.4) is 0 Å². The van der Waals surface area contributed by atoms with Gasteiger partial charge in [-0.05, 0) is 48.7 Å². The molecule has 0 saturated heterocycles. The highest BCUT2D eigenvalue weighted by atomic mass is 79.9. The van der Waals surface area contributed by atoms with Gasteiger partial charge in [0.15, 0.2) is 0 Å². The van der Waals surface area contributed by atoms with Gasteiger partial charge in [-0.2, -0.15) is 0 Å². The monoisotopic (exact) mass is 328 g/mol. The van der Waals surface area contributed by atoms with E-state index in [2.05, 4.69) is 39.9 Å². The maximum absolute atomic E-state index is 9.87. The van der Waals surface area contributed by atoms with Crippen LogP contribution in [-0.2, 0) is 0 Å². The number of hydrogen-bond donors (Lipinski definition) is 1. The highest BCUT2D eigenvalue weighted by Crippen LogP contribution is 2.23. The molecule has 0 aliphatic carbocycles. The van der Waals surface area contributed by atoms with Crippen LogP contribution in [0, 0.1) is 11.8 Å². The Bertz CT molecular complexity index is 645. The SMILES string of the molecule is CCC(C)(O)C#Cc1ccc(-c2cccc(Br)c2)cc1. The average molecular weight is 329 g/mol. The summed E-state index contributed by atoms with van der Waals surface area (Å²) < 4.78 is 1.07. The number of rotatable bonds is 2. The summed E-state index contributed by atoms with van der Waals surface area (Å²) in [5.41, 5.74) is 2.32. The van der Waals surface area contributed by atoms with Crippen LogP contribution in [0.5, 0.6) is 0 Å². The molecule has 0 aromatic heterocycles. The molecule has 2 aromatic rings. The van der Waals surface area contributed by atoms with Crippen molar-refractivity contribution in [3.63, 3.8) is 0 Å². The smallest absolute Gasteiger partial charge is 0.122 e. The second-order valence-electron chi connectivity index (χ2n) is 4.97. The van der Waals surface area contributed by atoms with Crippen molar-refractivity contribution in [2.24, 2.45) is 0 Å². The van der Waals surface area contributed by atoms with E-state index in [1.807, 2.05) is 43.3 Å². The first kappa shape index (κ1) is 14.8. The fourth-order valence-electron chi connectivity index (χ4n) is 1.71. The summed E-state index contributed by atoms with van der Waals surface area (Å²) in [6, 6.07) is 16.3. The van der Waals surface area contributed by atoms with Crippen molar-refractivity contribution in [1.29, 1.82) is 0 Å². The minimum absolute atomic E-state index is 0.621. The van der Waals surface area contributed by atoms with Crippen molar-refractivity contribution < 1.29 is 5.11 Å². The first-order chi connectivity index (χ1) is 9.50. The summed E-state index contributed by atoms with van der Waals surface area (Å²) in [6.45, 7) is 3.65. The molecule has 2 aromatic carbocycles. The standard InChI is InChI=1S/C18H17BrO/c1-3-18(2,20)12-11-14-7-9-15(10-8-14)16-5-4-6-17(19)13-16/h4-10,13,20H,3H2,1-2H3. The Morgan fingerprint density at radius 2 is 1.80 bits per heavy atom. The molecule has 0 fully saturated rings. The molecule has 0 bridgehead atoms. The van der Waals surface area contributed by atoms with Gasteiger partial charge in [-0.15, -0.1) is 0 Å². The lowest BCUT2D eigenvalue weighted by Crippen LogP contribution is -2.19. The Labute approximate surface area is 128 Å². The van der Waals surface area contributed by atoms with Gasteiger partial charge in [-0.25, -0.2) is 0 Å². The Balaban J connectivity index is 2.23. The van der Waals surface area contributed by atoms with E-state index in [0.29, 0.717) is 6.42 Å². The van der Waals surface area contributed by atoms with E-state index in [1.165, 1.54) is 5.56 Å². The van der Waals surface area contributed by atoms with Gasteiger partial charge < -0.3 is 5.11 Å². The molecular formula is C18H17BrO. The van der Waals surface area contributed by atoms with E-state index in [-0.39, 0.29) is 0 Å². The van der Waals surface area contributed by atoms with Crippen molar-refractivity contribution in [2.75, 3.05) is 0 Å². The summed E-state index contributed by atoms with van der Waals surface area (Å²) in [4.78, 5) is 0. The molecule has 0 saturated carbocycles. The van der Waals surface area contributed by atoms with E-state index in [0.717, 1.165) is 15.6 Å². The van der Waals surface area contributed by atoms with Crippen LogP contribution in [0.15, 0.2) is 53.0 Å². The molecule has 1 unspecified atom stereocenters. The quantitative estimate of drug-likeness (QED) is 0.797. The molecule has 1 nitrogen and oxygen atoms in total. The molecule has 0 heterocycles. The van der Waals surface area contributed by atoms with Crippen LogP contribution in [-0.4, -0.2) is 10.7 Å². The van der Waals surface area contributed by atoms with E-state index < -0.39 is 5.60 Å². The van der Waals surface area contributed by atoms with Gasteiger partial charge in [0.25, 0.3) is 0 Å². The van der Waals surface area contributed by atoms with Crippen LogP contribution < -0.4 is 0 Å². The number of benzene rings is 2. The molecule has 0 aliphatic heterocycles. The summed E-state index contributed by atoms with van der Waals surface area (Å²) in [5.74, 6) is 5.91. The van der Waals surface area contributed by atoms with Crippen LogP contribution in [0.1, 0.15) is 25.8 Å².